The zero-order valence-corrected chi connectivity index (χ0v) is 15.7. The van der Waals surface area contributed by atoms with Crippen molar-refractivity contribution >= 4 is 23.3 Å². The standard InChI is InChI=1S/C18H23N3O3S/c1-12-5-7-14(25-12)11-21-18(19-2)20-10-13-6-8-16(23-3)15(9-13)17(22)24-4/h5-9H,10-11H2,1-4H3,(H2,19,20,21). The first-order chi connectivity index (χ1) is 12.1. The predicted octanol–water partition coefficient (Wildman–Crippen LogP) is 2.72. The summed E-state index contributed by atoms with van der Waals surface area (Å²) in [5.74, 6) is 0.766. The van der Waals surface area contributed by atoms with E-state index in [-0.39, 0.29) is 0 Å². The van der Waals surface area contributed by atoms with Gasteiger partial charge in [0.2, 0.25) is 0 Å². The molecule has 1 aromatic heterocycles. The fourth-order valence-corrected chi connectivity index (χ4v) is 3.12. The second-order valence-corrected chi connectivity index (χ2v) is 6.69. The Morgan fingerprint density at radius 2 is 1.92 bits per heavy atom. The van der Waals surface area contributed by atoms with Gasteiger partial charge in [-0.1, -0.05) is 6.07 Å². The molecule has 7 heteroatoms. The maximum Gasteiger partial charge on any atom is 0.341 e. The third-order valence-electron chi connectivity index (χ3n) is 3.58. The number of rotatable bonds is 6. The van der Waals surface area contributed by atoms with Gasteiger partial charge in [-0.25, -0.2) is 4.79 Å². The lowest BCUT2D eigenvalue weighted by Gasteiger charge is -2.13. The average molecular weight is 361 g/mol. The highest BCUT2D eigenvalue weighted by Crippen LogP contribution is 2.20. The highest BCUT2D eigenvalue weighted by atomic mass is 32.1. The normalized spacial score (nSPS) is 11.1. The van der Waals surface area contributed by atoms with Crippen LogP contribution in [0.5, 0.6) is 5.75 Å². The van der Waals surface area contributed by atoms with Gasteiger partial charge in [-0.15, -0.1) is 11.3 Å². The Balaban J connectivity index is 1.97. The molecule has 2 rings (SSSR count). The lowest BCUT2D eigenvalue weighted by molar-refractivity contribution is 0.0597. The summed E-state index contributed by atoms with van der Waals surface area (Å²) in [5.41, 5.74) is 1.33. The number of methoxy groups -OCH3 is 2. The average Bonchev–Trinajstić information content (AvgIpc) is 3.06. The maximum absolute atomic E-state index is 11.8. The molecule has 0 bridgehead atoms. The van der Waals surface area contributed by atoms with Crippen LogP contribution < -0.4 is 15.4 Å². The Bertz CT molecular complexity index is 756. The number of hydrogen-bond acceptors (Lipinski definition) is 5. The lowest BCUT2D eigenvalue weighted by Crippen LogP contribution is -2.36. The third-order valence-corrected chi connectivity index (χ3v) is 4.58. The molecular formula is C18H23N3O3S. The van der Waals surface area contributed by atoms with Crippen molar-refractivity contribution in [3.63, 3.8) is 0 Å². The molecule has 0 saturated carbocycles. The Morgan fingerprint density at radius 3 is 2.52 bits per heavy atom. The van der Waals surface area contributed by atoms with E-state index in [0.717, 1.165) is 5.56 Å². The number of carbonyl (C=O) groups is 1. The molecule has 0 aliphatic heterocycles. The topological polar surface area (TPSA) is 72.0 Å². The highest BCUT2D eigenvalue weighted by Gasteiger charge is 2.13. The van der Waals surface area contributed by atoms with E-state index in [2.05, 4.69) is 34.7 Å². The van der Waals surface area contributed by atoms with Gasteiger partial charge in [0.05, 0.1) is 20.8 Å². The quantitative estimate of drug-likeness (QED) is 0.470. The molecule has 0 fully saturated rings. The highest BCUT2D eigenvalue weighted by molar-refractivity contribution is 7.11. The number of thiophene rings is 1. The largest absolute Gasteiger partial charge is 0.496 e. The molecule has 0 radical (unpaired) electrons. The third kappa shape index (κ3) is 5.22. The van der Waals surface area contributed by atoms with E-state index in [9.17, 15) is 4.79 Å². The fourth-order valence-electron chi connectivity index (χ4n) is 2.29. The molecule has 2 aromatic rings. The second kappa shape index (κ2) is 9.08. The van der Waals surface area contributed by atoms with Gasteiger partial charge in [-0.2, -0.15) is 0 Å². The number of ether oxygens (including phenoxy) is 2. The van der Waals surface area contributed by atoms with Crippen LogP contribution in [0.25, 0.3) is 0 Å². The van der Waals surface area contributed by atoms with Gasteiger partial charge in [-0.05, 0) is 36.8 Å². The molecule has 0 unspecified atom stereocenters. The summed E-state index contributed by atoms with van der Waals surface area (Å²) in [6, 6.07) is 9.62. The molecular weight excluding hydrogens is 338 g/mol. The van der Waals surface area contributed by atoms with E-state index >= 15 is 0 Å². The number of hydrogen-bond donors (Lipinski definition) is 2. The predicted molar refractivity (Wildman–Crippen MR) is 100 cm³/mol. The van der Waals surface area contributed by atoms with Crippen molar-refractivity contribution < 1.29 is 14.3 Å². The molecule has 0 aliphatic carbocycles. The van der Waals surface area contributed by atoms with Gasteiger partial charge in [-0.3, -0.25) is 4.99 Å². The van der Waals surface area contributed by atoms with Crippen LogP contribution in [-0.4, -0.2) is 33.2 Å². The number of guanidine groups is 1. The van der Waals surface area contributed by atoms with Gasteiger partial charge in [0, 0.05) is 23.3 Å². The summed E-state index contributed by atoms with van der Waals surface area (Å²) in [7, 11) is 4.60. The first-order valence-corrected chi connectivity index (χ1v) is 8.64. The Morgan fingerprint density at radius 1 is 1.16 bits per heavy atom. The Kier molecular flexibility index (Phi) is 6.82. The van der Waals surface area contributed by atoms with Crippen LogP contribution in [0.3, 0.4) is 0 Å². The molecule has 25 heavy (non-hydrogen) atoms. The molecule has 0 saturated heterocycles. The summed E-state index contributed by atoms with van der Waals surface area (Å²) < 4.78 is 10.00. The number of nitrogens with one attached hydrogen (secondary N) is 2. The number of nitrogens with zero attached hydrogens (tertiary/aromatic N) is 1. The van der Waals surface area contributed by atoms with E-state index in [4.69, 9.17) is 9.47 Å². The van der Waals surface area contributed by atoms with Crippen LogP contribution >= 0.6 is 11.3 Å². The monoisotopic (exact) mass is 361 g/mol. The molecule has 1 aromatic carbocycles. The minimum Gasteiger partial charge on any atom is -0.496 e. The molecule has 134 valence electrons. The number of esters is 1. The van der Waals surface area contributed by atoms with E-state index in [0.29, 0.717) is 30.4 Å². The van der Waals surface area contributed by atoms with Crippen molar-refractivity contribution in [3.8, 4) is 5.75 Å². The Labute approximate surface area is 151 Å². The van der Waals surface area contributed by atoms with E-state index < -0.39 is 5.97 Å². The van der Waals surface area contributed by atoms with E-state index in [1.165, 1.54) is 24.0 Å². The van der Waals surface area contributed by atoms with Gasteiger partial charge < -0.3 is 20.1 Å². The van der Waals surface area contributed by atoms with Gasteiger partial charge in [0.25, 0.3) is 0 Å². The van der Waals surface area contributed by atoms with Gasteiger partial charge in [0.15, 0.2) is 5.96 Å². The molecule has 0 amide bonds. The van der Waals surface area contributed by atoms with Crippen molar-refractivity contribution in [2.45, 2.75) is 20.0 Å². The van der Waals surface area contributed by atoms with Gasteiger partial charge in [0.1, 0.15) is 11.3 Å². The summed E-state index contributed by atoms with van der Waals surface area (Å²) in [6.45, 7) is 3.33. The number of aliphatic imine (C=N–C) groups is 1. The van der Waals surface area contributed by atoms with Crippen molar-refractivity contribution in [3.05, 3.63) is 51.2 Å². The maximum atomic E-state index is 11.8. The summed E-state index contributed by atoms with van der Waals surface area (Å²) in [5, 5.41) is 6.51. The number of benzene rings is 1. The van der Waals surface area contributed by atoms with Crippen LogP contribution in [0.2, 0.25) is 0 Å². The van der Waals surface area contributed by atoms with Crippen LogP contribution in [0.4, 0.5) is 0 Å². The molecule has 2 N–H and O–H groups in total. The molecule has 0 aliphatic rings. The fraction of sp³-hybridized carbons (Fsp3) is 0.333. The zero-order chi connectivity index (χ0) is 18.2. The number of aryl methyl sites for hydroxylation is 1. The van der Waals surface area contributed by atoms with Crippen molar-refractivity contribution in [2.24, 2.45) is 4.99 Å². The van der Waals surface area contributed by atoms with E-state index in [1.807, 2.05) is 6.07 Å². The lowest BCUT2D eigenvalue weighted by atomic mass is 10.1. The minimum atomic E-state index is -0.422. The first-order valence-electron chi connectivity index (χ1n) is 7.82. The van der Waals surface area contributed by atoms with Crippen LogP contribution in [0, 0.1) is 6.92 Å². The van der Waals surface area contributed by atoms with Crippen LogP contribution in [0.15, 0.2) is 35.3 Å². The van der Waals surface area contributed by atoms with Crippen LogP contribution in [0.1, 0.15) is 25.7 Å². The van der Waals surface area contributed by atoms with Crippen LogP contribution in [-0.2, 0) is 17.8 Å². The molecule has 0 atom stereocenters. The minimum absolute atomic E-state index is 0.404. The van der Waals surface area contributed by atoms with Crippen molar-refractivity contribution in [1.82, 2.24) is 10.6 Å². The molecule has 1 heterocycles. The zero-order valence-electron chi connectivity index (χ0n) is 14.9. The summed E-state index contributed by atoms with van der Waals surface area (Å²) in [4.78, 5) is 18.6. The van der Waals surface area contributed by atoms with Crippen molar-refractivity contribution in [1.29, 1.82) is 0 Å². The first kappa shape index (κ1) is 18.8. The van der Waals surface area contributed by atoms with Gasteiger partial charge >= 0.3 is 5.97 Å². The van der Waals surface area contributed by atoms with E-state index in [1.54, 1.807) is 30.5 Å². The SMILES string of the molecule is CN=C(NCc1ccc(OC)c(C(=O)OC)c1)NCc1ccc(C)s1. The second-order valence-electron chi connectivity index (χ2n) is 5.32. The molecule has 6 nitrogen and oxygen atoms in total. The van der Waals surface area contributed by atoms with Crippen molar-refractivity contribution in [2.75, 3.05) is 21.3 Å². The molecule has 0 spiro atoms. The Hall–Kier alpha value is -2.54. The summed E-state index contributed by atoms with van der Waals surface area (Å²) in [6.07, 6.45) is 0. The summed E-state index contributed by atoms with van der Waals surface area (Å²) >= 11 is 1.76. The smallest absolute Gasteiger partial charge is 0.341 e. The number of carbonyl (C=O) groups excluding carboxylic acids is 1.